The topological polar surface area (TPSA) is 9.86 Å². The Kier molecular flexibility index (Phi) is 2.86. The lowest BCUT2D eigenvalue weighted by atomic mass is 10.1. The molecule has 186 valence electrons. The smallest absolute Gasteiger partial charge is 0.0646 e. The summed E-state index contributed by atoms with van der Waals surface area (Å²) in [5.41, 5.74) is 1.53. The van der Waals surface area contributed by atoms with Gasteiger partial charge in [-0.3, -0.25) is 0 Å². The lowest BCUT2D eigenvalue weighted by molar-refractivity contribution is 1.18. The fraction of sp³-hybridized carbons (Fsp3) is 0. The van der Waals surface area contributed by atoms with Crippen LogP contribution in [0.4, 0.5) is 0 Å². The predicted molar refractivity (Wildman–Crippen MR) is 170 cm³/mol. The van der Waals surface area contributed by atoms with Gasteiger partial charge in [0.05, 0.1) is 35.8 Å². The van der Waals surface area contributed by atoms with Gasteiger partial charge in [0, 0.05) is 32.9 Å². The van der Waals surface area contributed by atoms with Crippen LogP contribution in [0, 0.1) is 0 Å². The number of aromatic nitrogens is 2. The molecule has 0 saturated carbocycles. The lowest BCUT2D eigenvalue weighted by Gasteiger charge is -2.11. The molecule has 0 radical (unpaired) electrons. The van der Waals surface area contributed by atoms with E-state index in [2.05, 4.69) is 0 Å². The van der Waals surface area contributed by atoms with E-state index in [1.54, 1.807) is 21.3 Å². The summed E-state index contributed by atoms with van der Waals surface area (Å²) < 4.78 is 93.5. The Bertz CT molecular complexity index is 2790. The van der Waals surface area contributed by atoms with E-state index in [1.807, 2.05) is 72.8 Å². The van der Waals surface area contributed by atoms with Gasteiger partial charge in [-0.25, -0.2) is 0 Å². The molecule has 0 unspecified atom stereocenters. The second-order valence-corrected chi connectivity index (χ2v) is 9.88. The van der Waals surface area contributed by atoms with Crippen molar-refractivity contribution in [3.8, 4) is 11.4 Å². The fourth-order valence-corrected chi connectivity index (χ4v) is 5.98. The highest BCUT2D eigenvalue weighted by Gasteiger charge is 2.20. The number of hydrogen-bond donors (Lipinski definition) is 0. The van der Waals surface area contributed by atoms with Gasteiger partial charge in [0.25, 0.3) is 0 Å². The van der Waals surface area contributed by atoms with E-state index in [0.29, 0.717) is 11.4 Å². The lowest BCUT2D eigenvalue weighted by Crippen LogP contribution is -1.95. The Morgan fingerprint density at radius 1 is 0.400 bits per heavy atom. The zero-order valence-corrected chi connectivity index (χ0v) is 21.0. The summed E-state index contributed by atoms with van der Waals surface area (Å²) in [5, 5.41) is 4.25. The number of benzene rings is 7. The molecule has 0 saturated heterocycles. The third-order valence-electron chi connectivity index (χ3n) is 7.74. The van der Waals surface area contributed by atoms with Crippen molar-refractivity contribution >= 4 is 65.2 Å². The summed E-state index contributed by atoms with van der Waals surface area (Å²) in [6.45, 7) is 0. The van der Waals surface area contributed by atoms with Crippen LogP contribution in [0.2, 0.25) is 0 Å². The molecule has 2 aromatic heterocycles. The molecule has 0 atom stereocenters. The Morgan fingerprint density at radius 3 is 1.30 bits per heavy atom. The molecule has 0 aliphatic heterocycles. The van der Waals surface area contributed by atoms with E-state index < -0.39 is 24.2 Å². The maximum absolute atomic E-state index is 9.55. The Labute approximate surface area is 245 Å². The van der Waals surface area contributed by atoms with Gasteiger partial charge in [-0.15, -0.1) is 0 Å². The number of para-hydroxylation sites is 2. The summed E-state index contributed by atoms with van der Waals surface area (Å²) in [6.07, 6.45) is 0. The molecule has 40 heavy (non-hydrogen) atoms. The number of hydrogen-bond acceptors (Lipinski definition) is 0. The zero-order valence-electron chi connectivity index (χ0n) is 31.0. The van der Waals surface area contributed by atoms with Gasteiger partial charge < -0.3 is 9.13 Å². The van der Waals surface area contributed by atoms with E-state index in [0.717, 1.165) is 21.5 Å². The minimum absolute atomic E-state index is 0.0997. The van der Waals surface area contributed by atoms with E-state index >= 15 is 0 Å². The third kappa shape index (κ3) is 2.93. The normalized spacial score (nSPS) is 15.5. The third-order valence-corrected chi connectivity index (χ3v) is 7.74. The maximum Gasteiger partial charge on any atom is 0.0646 e. The molecule has 2 heterocycles. The van der Waals surface area contributed by atoms with Gasteiger partial charge in [0.2, 0.25) is 0 Å². The van der Waals surface area contributed by atoms with Crippen molar-refractivity contribution in [2.45, 2.75) is 0 Å². The first-order valence-corrected chi connectivity index (χ1v) is 13.0. The first kappa shape index (κ1) is 14.2. The summed E-state index contributed by atoms with van der Waals surface area (Å²) >= 11 is 0. The Morgan fingerprint density at radius 2 is 0.825 bits per heavy atom. The van der Waals surface area contributed by atoms with Crippen LogP contribution in [0.1, 0.15) is 13.7 Å². The first-order chi connectivity index (χ1) is 24.0. The van der Waals surface area contributed by atoms with Crippen LogP contribution in [-0.4, -0.2) is 9.13 Å². The fourth-order valence-electron chi connectivity index (χ4n) is 5.98. The molecule has 0 spiro atoms. The first-order valence-electron chi connectivity index (χ1n) is 18.0. The van der Waals surface area contributed by atoms with E-state index in [-0.39, 0.29) is 79.9 Å². The van der Waals surface area contributed by atoms with E-state index in [1.165, 1.54) is 0 Å². The number of fused-ring (bicyclic) bond motifs is 9. The minimum Gasteiger partial charge on any atom is -0.309 e. The van der Waals surface area contributed by atoms with E-state index in [4.69, 9.17) is 8.22 Å². The summed E-state index contributed by atoms with van der Waals surface area (Å²) in [7, 11) is 0. The molecular weight excluding hydrogens is 484 g/mol. The van der Waals surface area contributed by atoms with Crippen LogP contribution >= 0.6 is 0 Å². The monoisotopic (exact) mass is 518 g/mol. The molecule has 0 bridgehead atoms. The van der Waals surface area contributed by atoms with Gasteiger partial charge in [-0.1, -0.05) is 96.9 Å². The molecule has 9 rings (SSSR count). The van der Waals surface area contributed by atoms with Crippen molar-refractivity contribution in [1.29, 1.82) is 0 Å². The van der Waals surface area contributed by atoms with Crippen molar-refractivity contribution < 1.29 is 13.7 Å². The molecule has 0 amide bonds. The SMILES string of the molecule is [2H]c1c([2H])c([2H])c2c(c1[2H])c1c3c4c([2H])c([2H])c([2H])c([2H])c4n(-c4ccc5ccccc5c4)c3c([2H])c([2H])c1n2-c1ccc2ccccc2c1. The Balaban J connectivity index is 1.61. The van der Waals surface area contributed by atoms with Crippen molar-refractivity contribution in [3.63, 3.8) is 0 Å². The van der Waals surface area contributed by atoms with Gasteiger partial charge >= 0.3 is 0 Å². The van der Waals surface area contributed by atoms with Crippen molar-refractivity contribution in [2.24, 2.45) is 0 Å². The summed E-state index contributed by atoms with van der Waals surface area (Å²) in [6, 6.07) is 22.7. The van der Waals surface area contributed by atoms with Gasteiger partial charge in [-0.2, -0.15) is 0 Å². The second-order valence-electron chi connectivity index (χ2n) is 9.88. The Hall–Kier alpha value is -5.34. The maximum atomic E-state index is 9.55. The highest BCUT2D eigenvalue weighted by atomic mass is 15.0. The molecule has 0 N–H and O–H groups in total. The molecule has 9 aromatic rings. The molecule has 0 fully saturated rings. The summed E-state index contributed by atoms with van der Waals surface area (Å²) in [5.74, 6) is 0. The standard InChI is InChI=1S/C38H24N2/c1-3-11-27-23-29(19-17-25(27)9-1)39-33-15-7-5-13-31(33)37-35(39)21-22-36-38(37)32-14-6-8-16-34(32)40(36)30-20-18-26-10-2-4-12-28(26)24-30/h1-24H/i5D,6D,7D,8D,13D,14D,15D,16D,21D,22D. The van der Waals surface area contributed by atoms with Crippen LogP contribution in [-0.2, 0) is 0 Å². The van der Waals surface area contributed by atoms with Crippen molar-refractivity contribution in [1.82, 2.24) is 9.13 Å². The molecule has 0 aliphatic carbocycles. The van der Waals surface area contributed by atoms with E-state index in [9.17, 15) is 5.48 Å². The van der Waals surface area contributed by atoms with Crippen LogP contribution in [0.25, 0.3) is 76.5 Å². The van der Waals surface area contributed by atoms with Gasteiger partial charge in [0.15, 0.2) is 0 Å². The molecule has 7 aromatic carbocycles. The number of nitrogens with zero attached hydrogens (tertiary/aromatic N) is 2. The number of rotatable bonds is 2. The molecule has 2 heteroatoms. The highest BCUT2D eigenvalue weighted by molar-refractivity contribution is 6.29. The van der Waals surface area contributed by atoms with Crippen molar-refractivity contribution in [2.75, 3.05) is 0 Å². The van der Waals surface area contributed by atoms with Crippen LogP contribution < -0.4 is 0 Å². The van der Waals surface area contributed by atoms with Gasteiger partial charge in [0.1, 0.15) is 0 Å². The predicted octanol–water partition coefficient (Wildman–Crippen LogP) is 10.2. The van der Waals surface area contributed by atoms with Crippen LogP contribution in [0.15, 0.2) is 145 Å². The van der Waals surface area contributed by atoms with Gasteiger partial charge in [-0.05, 0) is 70.0 Å². The van der Waals surface area contributed by atoms with Crippen molar-refractivity contribution in [3.05, 3.63) is 145 Å². The average Bonchev–Trinajstić information content (AvgIpc) is 3.68. The second kappa shape index (κ2) is 8.08. The average molecular weight is 519 g/mol. The molecular formula is C38H24N2. The largest absolute Gasteiger partial charge is 0.309 e. The van der Waals surface area contributed by atoms with Crippen LogP contribution in [0.5, 0.6) is 0 Å². The molecule has 2 nitrogen and oxygen atoms in total. The molecule has 0 aliphatic rings. The quantitative estimate of drug-likeness (QED) is 0.215. The minimum atomic E-state index is -0.477. The summed E-state index contributed by atoms with van der Waals surface area (Å²) in [4.78, 5) is 0. The van der Waals surface area contributed by atoms with Crippen LogP contribution in [0.3, 0.4) is 0 Å². The zero-order chi connectivity index (χ0) is 34.9. The highest BCUT2D eigenvalue weighted by Crippen LogP contribution is 2.42.